The highest BCUT2D eigenvalue weighted by molar-refractivity contribution is 7.98. The number of hydrogen-bond donors (Lipinski definition) is 3. The molecule has 0 saturated carbocycles. The largest absolute Gasteiger partial charge is 0.489 e. The molecule has 0 aliphatic heterocycles. The van der Waals surface area contributed by atoms with Crippen molar-refractivity contribution in [2.75, 3.05) is 25.6 Å². The van der Waals surface area contributed by atoms with E-state index in [-0.39, 0.29) is 18.7 Å². The highest BCUT2D eigenvalue weighted by Gasteiger charge is 2.22. The van der Waals surface area contributed by atoms with Crippen LogP contribution in [0.15, 0.2) is 65.6 Å². The van der Waals surface area contributed by atoms with Crippen molar-refractivity contribution in [3.8, 4) is 16.9 Å². The maximum Gasteiger partial charge on any atom is 0.317 e. The Labute approximate surface area is 223 Å². The van der Waals surface area contributed by atoms with Gasteiger partial charge in [0.1, 0.15) is 12.4 Å². The summed E-state index contributed by atoms with van der Waals surface area (Å²) in [7, 11) is -3.60. The molecule has 0 aliphatic carbocycles. The normalized spacial score (nSPS) is 12.2. The van der Waals surface area contributed by atoms with Crippen LogP contribution in [0.1, 0.15) is 15.9 Å². The van der Waals surface area contributed by atoms with Gasteiger partial charge in [-0.05, 0) is 53.3 Å². The summed E-state index contributed by atoms with van der Waals surface area (Å²) in [6, 6.07) is 14.6. The zero-order valence-corrected chi connectivity index (χ0v) is 22.2. The van der Waals surface area contributed by atoms with Gasteiger partial charge in [0.2, 0.25) is 10.0 Å². The Bertz CT molecular complexity index is 1420. The Morgan fingerprint density at radius 3 is 2.37 bits per heavy atom. The van der Waals surface area contributed by atoms with Crippen LogP contribution in [0.2, 0.25) is 0 Å². The van der Waals surface area contributed by atoms with Crippen LogP contribution in [0.4, 0.5) is 8.78 Å². The van der Waals surface area contributed by atoms with E-state index in [1.54, 1.807) is 54.8 Å². The minimum atomic E-state index is -3.60. The maximum atomic E-state index is 13.8. The van der Waals surface area contributed by atoms with E-state index in [1.807, 2.05) is 0 Å². The minimum absolute atomic E-state index is 0.108. The van der Waals surface area contributed by atoms with Crippen LogP contribution in [0, 0.1) is 11.6 Å². The monoisotopic (exact) mass is 564 g/mol. The van der Waals surface area contributed by atoms with Crippen molar-refractivity contribution in [2.24, 2.45) is 0 Å². The average Bonchev–Trinajstić information content (AvgIpc) is 2.88. The molecule has 0 bridgehead atoms. The average molecular weight is 565 g/mol. The molecule has 0 spiro atoms. The molecule has 0 radical (unpaired) electrons. The summed E-state index contributed by atoms with van der Waals surface area (Å²) in [6.45, 7) is -0.728. The summed E-state index contributed by atoms with van der Waals surface area (Å²) in [5, 5.41) is 11.5. The first-order chi connectivity index (χ1) is 18.0. The van der Waals surface area contributed by atoms with Crippen LogP contribution in [0.25, 0.3) is 11.1 Å². The van der Waals surface area contributed by atoms with Crippen molar-refractivity contribution in [3.63, 3.8) is 0 Å². The number of halogens is 2. The topological polar surface area (TPSA) is 122 Å². The molecule has 0 aromatic heterocycles. The fraction of sp³-hybridized carbons (Fsp3) is 0.231. The first kappa shape index (κ1) is 29.2. The molecule has 38 heavy (non-hydrogen) atoms. The third kappa shape index (κ3) is 8.35. The molecule has 0 heterocycles. The number of aliphatic carboxylic acids is 1. The molecule has 3 aromatic carbocycles. The molecule has 1 unspecified atom stereocenters. The molecule has 3 N–H and O–H groups in total. The fourth-order valence-electron chi connectivity index (χ4n) is 3.54. The van der Waals surface area contributed by atoms with E-state index in [4.69, 9.17) is 9.84 Å². The fourth-order valence-corrected chi connectivity index (χ4v) is 4.63. The first-order valence-corrected chi connectivity index (χ1v) is 14.4. The summed E-state index contributed by atoms with van der Waals surface area (Å²) in [5.74, 6) is -3.00. The van der Waals surface area contributed by atoms with Crippen molar-refractivity contribution < 1.29 is 36.6 Å². The van der Waals surface area contributed by atoms with E-state index in [9.17, 15) is 26.8 Å². The highest BCUT2D eigenvalue weighted by atomic mass is 32.2. The lowest BCUT2D eigenvalue weighted by Gasteiger charge is -2.17. The smallest absolute Gasteiger partial charge is 0.317 e. The molecule has 0 aliphatic rings. The van der Waals surface area contributed by atoms with Crippen molar-refractivity contribution >= 4 is 33.5 Å². The minimum Gasteiger partial charge on any atom is -0.489 e. The number of rotatable bonds is 13. The molecule has 1 atom stereocenters. The Morgan fingerprint density at radius 2 is 1.74 bits per heavy atom. The first-order valence-electron chi connectivity index (χ1n) is 11.3. The van der Waals surface area contributed by atoms with Crippen LogP contribution in [-0.4, -0.2) is 56.9 Å². The number of nitrogens with one attached hydrogen (secondary N) is 2. The van der Waals surface area contributed by atoms with Crippen molar-refractivity contribution in [2.45, 2.75) is 17.5 Å². The van der Waals surface area contributed by atoms with Crippen molar-refractivity contribution in [3.05, 3.63) is 83.4 Å². The summed E-state index contributed by atoms with van der Waals surface area (Å²) >= 11 is 1.31. The number of carbonyl (C=O) groups excluding carboxylic acids is 1. The maximum absolute atomic E-state index is 13.8. The van der Waals surface area contributed by atoms with Crippen LogP contribution in [-0.2, 0) is 21.4 Å². The highest BCUT2D eigenvalue weighted by Crippen LogP contribution is 2.33. The molecule has 0 amide bonds. The number of ether oxygens (including phenoxy) is 1. The number of sulfonamides is 1. The van der Waals surface area contributed by atoms with Gasteiger partial charge in [-0.3, -0.25) is 14.9 Å². The van der Waals surface area contributed by atoms with E-state index in [2.05, 4.69) is 10.0 Å². The molecular formula is C26H26F2N2O6S2. The predicted molar refractivity (Wildman–Crippen MR) is 141 cm³/mol. The molecular weight excluding hydrogens is 538 g/mol. The standard InChI is InChI=1S/C26H26F2N2O6S2/c1-37-24-12-22(28)21(27)11-20(24)17-6-8-19(9-7-17)36-15-16-4-3-5-18(10-16)26(33)23(29-14-25(31)32)13-30-38(2,34)35/h3-12,23,29-30H,13-15H2,1-2H3,(H,31,32). The van der Waals surface area contributed by atoms with Gasteiger partial charge >= 0.3 is 5.97 Å². The van der Waals surface area contributed by atoms with Gasteiger partial charge in [-0.15, -0.1) is 11.8 Å². The third-order valence-electron chi connectivity index (χ3n) is 5.39. The molecule has 8 nitrogen and oxygen atoms in total. The second-order valence-electron chi connectivity index (χ2n) is 8.29. The summed E-state index contributed by atoms with van der Waals surface area (Å²) in [4.78, 5) is 24.5. The van der Waals surface area contributed by atoms with E-state index in [0.717, 1.165) is 18.4 Å². The lowest BCUT2D eigenvalue weighted by molar-refractivity contribution is -0.136. The van der Waals surface area contributed by atoms with Crippen LogP contribution in [0.5, 0.6) is 5.75 Å². The number of carboxylic acids is 1. The Hall–Kier alpha value is -3.32. The van der Waals surface area contributed by atoms with Crippen molar-refractivity contribution in [1.29, 1.82) is 0 Å². The van der Waals surface area contributed by atoms with Gasteiger partial charge < -0.3 is 9.84 Å². The van der Waals surface area contributed by atoms with E-state index < -0.39 is 46.0 Å². The van der Waals surface area contributed by atoms with Gasteiger partial charge in [-0.2, -0.15) is 0 Å². The lowest BCUT2D eigenvalue weighted by Crippen LogP contribution is -2.47. The summed E-state index contributed by atoms with van der Waals surface area (Å²) in [6.07, 6.45) is 2.72. The van der Waals surface area contributed by atoms with Gasteiger partial charge in [0.25, 0.3) is 0 Å². The Kier molecular flexibility index (Phi) is 9.97. The quantitative estimate of drug-likeness (QED) is 0.212. The predicted octanol–water partition coefficient (Wildman–Crippen LogP) is 3.71. The van der Waals surface area contributed by atoms with E-state index in [1.165, 1.54) is 11.8 Å². The van der Waals surface area contributed by atoms with Crippen LogP contribution >= 0.6 is 11.8 Å². The van der Waals surface area contributed by atoms with E-state index in [0.29, 0.717) is 27.3 Å². The zero-order valence-electron chi connectivity index (χ0n) is 20.5. The zero-order chi connectivity index (χ0) is 27.9. The van der Waals surface area contributed by atoms with E-state index >= 15 is 0 Å². The van der Waals surface area contributed by atoms with Crippen LogP contribution in [0.3, 0.4) is 0 Å². The summed E-state index contributed by atoms with van der Waals surface area (Å²) < 4.78 is 58.3. The number of carboxylic acid groups (broad SMARTS) is 1. The molecule has 12 heteroatoms. The SMILES string of the molecule is CSc1cc(F)c(F)cc1-c1ccc(OCc2cccc(C(=O)C(CNS(C)(=O)=O)NCC(=O)O)c2)cc1. The lowest BCUT2D eigenvalue weighted by atomic mass is 10.0. The molecule has 3 aromatic rings. The van der Waals surface area contributed by atoms with Gasteiger partial charge in [0.15, 0.2) is 17.4 Å². The van der Waals surface area contributed by atoms with Gasteiger partial charge in [-0.25, -0.2) is 21.9 Å². The Morgan fingerprint density at radius 1 is 1.05 bits per heavy atom. The van der Waals surface area contributed by atoms with Gasteiger partial charge in [0.05, 0.1) is 18.8 Å². The van der Waals surface area contributed by atoms with Gasteiger partial charge in [-0.1, -0.05) is 30.3 Å². The molecule has 0 fully saturated rings. The number of Topliss-reactive ketones (excluding diaryl/α,β-unsaturated/α-hetero) is 1. The Balaban J connectivity index is 1.70. The number of hydrogen-bond acceptors (Lipinski definition) is 7. The number of benzene rings is 3. The number of carbonyl (C=O) groups is 2. The third-order valence-corrected chi connectivity index (χ3v) is 6.86. The summed E-state index contributed by atoms with van der Waals surface area (Å²) in [5.41, 5.74) is 2.15. The second-order valence-corrected chi connectivity index (χ2v) is 11.0. The molecule has 0 saturated heterocycles. The number of thioether (sulfide) groups is 1. The molecule has 3 rings (SSSR count). The van der Waals surface area contributed by atoms with Crippen molar-refractivity contribution in [1.82, 2.24) is 10.0 Å². The van der Waals surface area contributed by atoms with Gasteiger partial charge in [0, 0.05) is 17.0 Å². The van der Waals surface area contributed by atoms with Crippen LogP contribution < -0.4 is 14.8 Å². The second kappa shape index (κ2) is 13.0. The molecule has 202 valence electrons. The number of ketones is 1.